The van der Waals surface area contributed by atoms with Crippen LogP contribution in [0.1, 0.15) is 60.8 Å². The lowest BCUT2D eigenvalue weighted by atomic mass is 9.71. The molecule has 4 aliphatic rings. The summed E-state index contributed by atoms with van der Waals surface area (Å²) in [6.45, 7) is 6.19. The van der Waals surface area contributed by atoms with Gasteiger partial charge in [-0.3, -0.25) is 4.39 Å². The molecular formula is C29H36FN3O2. The molecule has 1 spiro atoms. The zero-order valence-electron chi connectivity index (χ0n) is 20.5. The summed E-state index contributed by atoms with van der Waals surface area (Å²) in [5.74, 6) is 0.554. The van der Waals surface area contributed by atoms with Crippen LogP contribution in [0.5, 0.6) is 0 Å². The van der Waals surface area contributed by atoms with Crippen molar-refractivity contribution in [3.05, 3.63) is 65.2 Å². The summed E-state index contributed by atoms with van der Waals surface area (Å²) in [4.78, 5) is 19.9. The molecule has 6 rings (SSSR count). The first-order valence-electron chi connectivity index (χ1n) is 13.3. The average molecular weight is 478 g/mol. The summed E-state index contributed by atoms with van der Waals surface area (Å²) < 4.78 is 18.2. The lowest BCUT2D eigenvalue weighted by Gasteiger charge is -2.55. The number of amides is 1. The zero-order chi connectivity index (χ0) is 23.8. The van der Waals surface area contributed by atoms with Crippen LogP contribution < -0.4 is 4.90 Å². The number of hydrogen-bond acceptors (Lipinski definition) is 4. The number of fused-ring (bicyclic) bond motifs is 5. The predicted octanol–water partition coefficient (Wildman–Crippen LogP) is 5.52. The minimum absolute atomic E-state index is 0.126. The molecule has 3 heterocycles. The molecule has 1 amide bonds. The molecule has 3 aliphatic heterocycles. The van der Waals surface area contributed by atoms with Gasteiger partial charge in [-0.2, -0.15) is 0 Å². The number of piperidine rings is 2. The lowest BCUT2D eigenvalue weighted by molar-refractivity contribution is 0.0694. The average Bonchev–Trinajstić information content (AvgIpc) is 3.16. The fraction of sp³-hybridized carbons (Fsp3) is 0.552. The van der Waals surface area contributed by atoms with Crippen molar-refractivity contribution < 1.29 is 13.9 Å². The molecule has 3 fully saturated rings. The summed E-state index contributed by atoms with van der Waals surface area (Å²) in [5.41, 5.74) is 5.48. The molecule has 2 aromatic carbocycles. The zero-order valence-corrected chi connectivity index (χ0v) is 20.5. The number of anilines is 1. The van der Waals surface area contributed by atoms with Crippen molar-refractivity contribution in [2.45, 2.75) is 50.7 Å². The number of ether oxygens (including phenoxy) is 1. The largest absolute Gasteiger partial charge is 0.445 e. The van der Waals surface area contributed by atoms with E-state index >= 15 is 0 Å². The van der Waals surface area contributed by atoms with Crippen molar-refractivity contribution in [1.29, 1.82) is 0 Å². The first-order chi connectivity index (χ1) is 17.1. The van der Waals surface area contributed by atoms with Crippen LogP contribution in [0.2, 0.25) is 0 Å². The second-order valence-electron chi connectivity index (χ2n) is 11.0. The second kappa shape index (κ2) is 9.45. The van der Waals surface area contributed by atoms with Gasteiger partial charge in [0, 0.05) is 37.3 Å². The molecule has 0 unspecified atom stereocenters. The van der Waals surface area contributed by atoms with E-state index in [1.807, 2.05) is 35.2 Å². The van der Waals surface area contributed by atoms with Gasteiger partial charge in [-0.15, -0.1) is 0 Å². The van der Waals surface area contributed by atoms with Gasteiger partial charge in [0.2, 0.25) is 0 Å². The molecule has 0 aromatic heterocycles. The number of carbonyl (C=O) groups excluding carboxylic acids is 1. The van der Waals surface area contributed by atoms with E-state index in [2.05, 4.69) is 28.0 Å². The van der Waals surface area contributed by atoms with Crippen molar-refractivity contribution in [2.24, 2.45) is 5.41 Å². The molecule has 2 atom stereocenters. The fourth-order valence-corrected chi connectivity index (χ4v) is 6.78. The monoisotopic (exact) mass is 477 g/mol. The topological polar surface area (TPSA) is 36.0 Å². The molecule has 186 valence electrons. The quantitative estimate of drug-likeness (QED) is 0.549. The highest BCUT2D eigenvalue weighted by Gasteiger charge is 2.46. The molecule has 0 N–H and O–H groups in total. The summed E-state index contributed by atoms with van der Waals surface area (Å²) in [6, 6.07) is 17.0. The third-order valence-corrected chi connectivity index (χ3v) is 8.85. The number of halogens is 1. The van der Waals surface area contributed by atoms with Gasteiger partial charge in [0.05, 0.1) is 12.7 Å². The molecule has 1 aliphatic carbocycles. The number of carbonyl (C=O) groups is 1. The molecule has 0 radical (unpaired) electrons. The number of likely N-dealkylation sites (tertiary alicyclic amines) is 2. The standard InChI is InChI=1S/C29H36FN3O2/c30-12-4-13-31-15-10-29(11-16-31)20-32(21-29)24-7-8-25-23-9-14-33(27(17-23)26(25)18-24)28(34)35-19-22-5-2-1-3-6-22/h1-3,5-8,18,23,27H,4,9-17,19-21H2/t23-,27+/m1/s1. The Morgan fingerprint density at radius 2 is 1.83 bits per heavy atom. The number of nitrogens with zero attached hydrogens (tertiary/aromatic N) is 3. The van der Waals surface area contributed by atoms with Gasteiger partial charge in [-0.05, 0) is 79.9 Å². The third kappa shape index (κ3) is 4.42. The maximum Gasteiger partial charge on any atom is 0.410 e. The Kier molecular flexibility index (Phi) is 6.17. The van der Waals surface area contributed by atoms with Gasteiger partial charge < -0.3 is 19.4 Å². The van der Waals surface area contributed by atoms with Gasteiger partial charge in [0.1, 0.15) is 6.61 Å². The van der Waals surface area contributed by atoms with E-state index in [-0.39, 0.29) is 18.8 Å². The Bertz CT molecular complexity index is 1050. The van der Waals surface area contributed by atoms with Crippen LogP contribution >= 0.6 is 0 Å². The first kappa shape index (κ1) is 22.8. The fourth-order valence-electron chi connectivity index (χ4n) is 6.78. The van der Waals surface area contributed by atoms with Gasteiger partial charge >= 0.3 is 6.09 Å². The van der Waals surface area contributed by atoms with Crippen molar-refractivity contribution in [3.8, 4) is 0 Å². The normalized spacial score (nSPS) is 24.8. The van der Waals surface area contributed by atoms with E-state index < -0.39 is 0 Å². The minimum Gasteiger partial charge on any atom is -0.445 e. The molecule has 3 saturated heterocycles. The van der Waals surface area contributed by atoms with Crippen molar-refractivity contribution in [1.82, 2.24) is 9.80 Å². The number of rotatable bonds is 6. The molecule has 2 bridgehead atoms. The third-order valence-electron chi connectivity index (χ3n) is 8.85. The van der Waals surface area contributed by atoms with E-state index in [1.165, 1.54) is 29.7 Å². The Hall–Kier alpha value is -2.60. The van der Waals surface area contributed by atoms with E-state index in [0.717, 1.165) is 57.7 Å². The number of benzene rings is 2. The Labute approximate surface area is 207 Å². The van der Waals surface area contributed by atoms with E-state index in [4.69, 9.17) is 4.74 Å². The van der Waals surface area contributed by atoms with Crippen LogP contribution in [0.3, 0.4) is 0 Å². The van der Waals surface area contributed by atoms with Crippen LogP contribution in [0.25, 0.3) is 0 Å². The number of alkyl halides is 1. The highest BCUT2D eigenvalue weighted by molar-refractivity contribution is 5.70. The lowest BCUT2D eigenvalue weighted by Crippen LogP contribution is -2.60. The number of hydrogen-bond donors (Lipinski definition) is 0. The highest BCUT2D eigenvalue weighted by atomic mass is 19.1. The van der Waals surface area contributed by atoms with Gasteiger partial charge in [0.25, 0.3) is 0 Å². The van der Waals surface area contributed by atoms with Crippen LogP contribution in [0, 0.1) is 5.41 Å². The van der Waals surface area contributed by atoms with Crippen LogP contribution in [0.4, 0.5) is 14.9 Å². The Morgan fingerprint density at radius 3 is 2.60 bits per heavy atom. The second-order valence-corrected chi connectivity index (χ2v) is 11.0. The summed E-state index contributed by atoms with van der Waals surface area (Å²) in [7, 11) is 0. The smallest absolute Gasteiger partial charge is 0.410 e. The van der Waals surface area contributed by atoms with E-state index in [9.17, 15) is 9.18 Å². The molecule has 35 heavy (non-hydrogen) atoms. The van der Waals surface area contributed by atoms with Crippen molar-refractivity contribution >= 4 is 11.8 Å². The predicted molar refractivity (Wildman–Crippen MR) is 135 cm³/mol. The van der Waals surface area contributed by atoms with Crippen LogP contribution in [-0.4, -0.2) is 61.8 Å². The molecular weight excluding hydrogens is 441 g/mol. The maximum atomic E-state index is 13.0. The highest BCUT2D eigenvalue weighted by Crippen LogP contribution is 2.51. The van der Waals surface area contributed by atoms with Crippen molar-refractivity contribution in [2.75, 3.05) is 50.8 Å². The minimum atomic E-state index is -0.211. The molecule has 5 nitrogen and oxygen atoms in total. The molecule has 6 heteroatoms. The van der Waals surface area contributed by atoms with Gasteiger partial charge in [-0.25, -0.2) is 4.79 Å². The molecule has 0 saturated carbocycles. The van der Waals surface area contributed by atoms with E-state index in [0.29, 0.717) is 24.4 Å². The Balaban J connectivity index is 1.10. The summed E-state index contributed by atoms with van der Waals surface area (Å²) >= 11 is 0. The van der Waals surface area contributed by atoms with Crippen LogP contribution in [0.15, 0.2) is 48.5 Å². The summed E-state index contributed by atoms with van der Waals surface area (Å²) in [5, 5.41) is 0. The van der Waals surface area contributed by atoms with E-state index in [1.54, 1.807) is 0 Å². The first-order valence-corrected chi connectivity index (χ1v) is 13.3. The SMILES string of the molecule is O=C(OCc1ccccc1)N1CC[C@@H]2C[C@H]1c1cc(N3CC4(CCN(CCCF)CC4)C3)ccc12. The van der Waals surface area contributed by atoms with Gasteiger partial charge in [-0.1, -0.05) is 36.4 Å². The summed E-state index contributed by atoms with van der Waals surface area (Å²) in [6.07, 6.45) is 4.91. The van der Waals surface area contributed by atoms with Gasteiger partial charge in [0.15, 0.2) is 0 Å². The van der Waals surface area contributed by atoms with Crippen molar-refractivity contribution in [3.63, 3.8) is 0 Å². The Morgan fingerprint density at radius 1 is 1.03 bits per heavy atom. The maximum absolute atomic E-state index is 13.0. The van der Waals surface area contributed by atoms with Crippen LogP contribution in [-0.2, 0) is 11.3 Å². The molecule has 2 aromatic rings.